The summed E-state index contributed by atoms with van der Waals surface area (Å²) in [7, 11) is 0. The summed E-state index contributed by atoms with van der Waals surface area (Å²) in [5.41, 5.74) is 1.75. The molecule has 1 aromatic carbocycles. The average Bonchev–Trinajstić information content (AvgIpc) is 2.07. The van der Waals surface area contributed by atoms with Gasteiger partial charge in [0.2, 0.25) is 0 Å². The number of benzene rings is 1. The smallest absolute Gasteiger partial charge is 0.126 e. The van der Waals surface area contributed by atoms with Crippen LogP contribution in [-0.4, -0.2) is 0 Å². The third kappa shape index (κ3) is 2.19. The Hall–Kier alpha value is -1.11. The third-order valence-corrected chi connectivity index (χ3v) is 1.87. The molecule has 0 bridgehead atoms. The number of aryl methyl sites for hydroxylation is 2. The minimum Gasteiger partial charge on any atom is -0.207 e. The lowest BCUT2D eigenvalue weighted by Crippen LogP contribution is -1.87. The molecule has 0 atom stereocenters. The Kier molecular flexibility index (Phi) is 3.03. The lowest BCUT2D eigenvalue weighted by molar-refractivity contribution is 0.616. The minimum atomic E-state index is -0.114. The topological polar surface area (TPSA) is 0 Å². The molecule has 64 valence electrons. The van der Waals surface area contributed by atoms with Crippen LogP contribution in [0.4, 0.5) is 4.39 Å². The molecule has 0 fully saturated rings. The average molecular weight is 164 g/mol. The molecule has 0 N–H and O–H groups in total. The predicted molar refractivity (Wildman–Crippen MR) is 49.7 cm³/mol. The largest absolute Gasteiger partial charge is 0.207 e. The van der Waals surface area contributed by atoms with Gasteiger partial charge in [-0.2, -0.15) is 0 Å². The summed E-state index contributed by atoms with van der Waals surface area (Å²) < 4.78 is 13.0. The highest BCUT2D eigenvalue weighted by Gasteiger charge is 1.97. The Bertz CT molecular complexity index is 276. The van der Waals surface area contributed by atoms with E-state index in [1.165, 1.54) is 0 Å². The van der Waals surface area contributed by atoms with Gasteiger partial charge in [0.1, 0.15) is 5.82 Å². The van der Waals surface area contributed by atoms with E-state index in [0.717, 1.165) is 18.4 Å². The van der Waals surface area contributed by atoms with E-state index in [9.17, 15) is 4.39 Å². The zero-order valence-electron chi connectivity index (χ0n) is 7.31. The van der Waals surface area contributed by atoms with Gasteiger partial charge in [0.25, 0.3) is 0 Å². The molecule has 0 aliphatic carbocycles. The van der Waals surface area contributed by atoms with Crippen LogP contribution >= 0.6 is 0 Å². The summed E-state index contributed by atoms with van der Waals surface area (Å²) in [5.74, 6) is -0.114. The van der Waals surface area contributed by atoms with Crippen molar-refractivity contribution in [3.8, 4) is 0 Å². The molecule has 0 heterocycles. The Labute approximate surface area is 72.7 Å². The van der Waals surface area contributed by atoms with Gasteiger partial charge in [0.15, 0.2) is 0 Å². The van der Waals surface area contributed by atoms with E-state index in [4.69, 9.17) is 0 Å². The Morgan fingerprint density at radius 2 is 2.25 bits per heavy atom. The van der Waals surface area contributed by atoms with Gasteiger partial charge >= 0.3 is 0 Å². The van der Waals surface area contributed by atoms with Crippen molar-refractivity contribution in [1.29, 1.82) is 0 Å². The van der Waals surface area contributed by atoms with Crippen LogP contribution < -0.4 is 0 Å². The molecule has 12 heavy (non-hydrogen) atoms. The van der Waals surface area contributed by atoms with Crippen LogP contribution in [0.15, 0.2) is 30.9 Å². The van der Waals surface area contributed by atoms with Gasteiger partial charge in [-0.3, -0.25) is 0 Å². The standard InChI is InChI=1S/C11H13F/c1-3-4-5-10-7-6-9(2)11(12)8-10/h3,6-8H,1,4-5H2,2H3. The van der Waals surface area contributed by atoms with Gasteiger partial charge in [-0.15, -0.1) is 6.58 Å². The first-order chi connectivity index (χ1) is 5.74. The molecule has 0 nitrogen and oxygen atoms in total. The molecule has 0 aliphatic rings. The SMILES string of the molecule is C=CCCc1ccc(C)c(F)c1. The highest BCUT2D eigenvalue weighted by Crippen LogP contribution is 2.10. The molecule has 0 aliphatic heterocycles. The molecule has 0 spiro atoms. The Morgan fingerprint density at radius 1 is 1.50 bits per heavy atom. The molecule has 1 rings (SSSR count). The molecular formula is C11H13F. The zero-order valence-corrected chi connectivity index (χ0v) is 7.31. The summed E-state index contributed by atoms with van der Waals surface area (Å²) in [6.45, 7) is 5.39. The highest BCUT2D eigenvalue weighted by atomic mass is 19.1. The fourth-order valence-electron chi connectivity index (χ4n) is 1.06. The molecule has 0 radical (unpaired) electrons. The molecule has 0 saturated heterocycles. The van der Waals surface area contributed by atoms with Gasteiger partial charge in [0, 0.05) is 0 Å². The summed E-state index contributed by atoms with van der Waals surface area (Å²) in [4.78, 5) is 0. The summed E-state index contributed by atoms with van der Waals surface area (Å²) in [6, 6.07) is 5.37. The number of rotatable bonds is 3. The quantitative estimate of drug-likeness (QED) is 0.601. The zero-order chi connectivity index (χ0) is 8.97. The van der Waals surface area contributed by atoms with E-state index in [-0.39, 0.29) is 5.82 Å². The van der Waals surface area contributed by atoms with Crippen LogP contribution in [0, 0.1) is 12.7 Å². The van der Waals surface area contributed by atoms with Gasteiger partial charge in [-0.1, -0.05) is 18.2 Å². The monoisotopic (exact) mass is 164 g/mol. The van der Waals surface area contributed by atoms with E-state index in [1.807, 2.05) is 18.2 Å². The van der Waals surface area contributed by atoms with Crippen LogP contribution in [0.2, 0.25) is 0 Å². The first-order valence-corrected chi connectivity index (χ1v) is 4.10. The number of hydrogen-bond acceptors (Lipinski definition) is 0. The fourth-order valence-corrected chi connectivity index (χ4v) is 1.06. The molecule has 0 amide bonds. The lowest BCUT2D eigenvalue weighted by Gasteiger charge is -2.00. The summed E-state index contributed by atoms with van der Waals surface area (Å²) >= 11 is 0. The van der Waals surface area contributed by atoms with Crippen molar-refractivity contribution in [2.45, 2.75) is 19.8 Å². The van der Waals surface area contributed by atoms with Crippen molar-refractivity contribution in [3.05, 3.63) is 47.8 Å². The van der Waals surface area contributed by atoms with E-state index in [2.05, 4.69) is 6.58 Å². The van der Waals surface area contributed by atoms with Crippen molar-refractivity contribution in [2.75, 3.05) is 0 Å². The van der Waals surface area contributed by atoms with Crippen LogP contribution in [0.5, 0.6) is 0 Å². The summed E-state index contributed by atoms with van der Waals surface area (Å²) in [5, 5.41) is 0. The summed E-state index contributed by atoms with van der Waals surface area (Å²) in [6.07, 6.45) is 3.63. The van der Waals surface area contributed by atoms with Gasteiger partial charge in [-0.05, 0) is 37.0 Å². The van der Waals surface area contributed by atoms with Crippen LogP contribution in [0.1, 0.15) is 17.5 Å². The molecule has 0 aromatic heterocycles. The van der Waals surface area contributed by atoms with Crippen molar-refractivity contribution in [3.63, 3.8) is 0 Å². The van der Waals surface area contributed by atoms with Crippen molar-refractivity contribution in [2.24, 2.45) is 0 Å². The van der Waals surface area contributed by atoms with Crippen LogP contribution in [-0.2, 0) is 6.42 Å². The first kappa shape index (κ1) is 8.98. The third-order valence-electron chi connectivity index (χ3n) is 1.87. The van der Waals surface area contributed by atoms with Crippen molar-refractivity contribution in [1.82, 2.24) is 0 Å². The van der Waals surface area contributed by atoms with E-state index < -0.39 is 0 Å². The van der Waals surface area contributed by atoms with E-state index in [0.29, 0.717) is 5.56 Å². The second-order valence-corrected chi connectivity index (χ2v) is 2.91. The number of allylic oxidation sites excluding steroid dienone is 1. The number of halogens is 1. The van der Waals surface area contributed by atoms with Gasteiger partial charge < -0.3 is 0 Å². The second kappa shape index (κ2) is 4.05. The molecular weight excluding hydrogens is 151 g/mol. The maximum atomic E-state index is 13.0. The van der Waals surface area contributed by atoms with E-state index in [1.54, 1.807) is 13.0 Å². The van der Waals surface area contributed by atoms with Crippen LogP contribution in [0.25, 0.3) is 0 Å². The molecule has 0 saturated carbocycles. The molecule has 1 aromatic rings. The first-order valence-electron chi connectivity index (χ1n) is 4.10. The maximum Gasteiger partial charge on any atom is 0.126 e. The normalized spacial score (nSPS) is 9.83. The Balaban J connectivity index is 2.75. The van der Waals surface area contributed by atoms with Crippen molar-refractivity contribution < 1.29 is 4.39 Å². The van der Waals surface area contributed by atoms with Gasteiger partial charge in [-0.25, -0.2) is 4.39 Å². The minimum absolute atomic E-state index is 0.114. The highest BCUT2D eigenvalue weighted by molar-refractivity contribution is 5.23. The lowest BCUT2D eigenvalue weighted by atomic mass is 10.1. The second-order valence-electron chi connectivity index (χ2n) is 2.91. The fraction of sp³-hybridized carbons (Fsp3) is 0.273. The maximum absolute atomic E-state index is 13.0. The Morgan fingerprint density at radius 3 is 2.83 bits per heavy atom. The number of hydrogen-bond donors (Lipinski definition) is 0. The predicted octanol–water partition coefficient (Wildman–Crippen LogP) is 3.25. The van der Waals surface area contributed by atoms with Gasteiger partial charge in [0.05, 0.1) is 0 Å². The van der Waals surface area contributed by atoms with Crippen LogP contribution in [0.3, 0.4) is 0 Å². The van der Waals surface area contributed by atoms with Crippen molar-refractivity contribution >= 4 is 0 Å². The molecule has 1 heteroatoms. The van der Waals surface area contributed by atoms with E-state index >= 15 is 0 Å². The molecule has 0 unspecified atom stereocenters.